The topological polar surface area (TPSA) is 49.8 Å². The molecule has 0 aliphatic carbocycles. The number of hydrogen-bond donors (Lipinski definition) is 1. The molecule has 4 nitrogen and oxygen atoms in total. The summed E-state index contributed by atoms with van der Waals surface area (Å²) in [7, 11) is 3.43. The van der Waals surface area contributed by atoms with Gasteiger partial charge in [-0.15, -0.1) is 11.3 Å². The van der Waals surface area contributed by atoms with Crippen LogP contribution >= 0.6 is 11.3 Å². The Morgan fingerprint density at radius 3 is 3.05 bits per heavy atom. The summed E-state index contributed by atoms with van der Waals surface area (Å²) >= 11 is 1.52. The third kappa shape index (κ3) is 5.88. The largest absolute Gasteiger partial charge is 0.385 e. The van der Waals surface area contributed by atoms with Crippen molar-refractivity contribution in [3.8, 4) is 11.8 Å². The molecule has 0 radical (unpaired) electrons. The average molecular weight is 281 g/mol. The van der Waals surface area contributed by atoms with E-state index in [4.69, 9.17) is 9.84 Å². The number of aliphatic hydroxyl groups excluding tert-OH is 1. The van der Waals surface area contributed by atoms with Gasteiger partial charge in [-0.2, -0.15) is 0 Å². The Hall–Kier alpha value is -1.35. The summed E-state index contributed by atoms with van der Waals surface area (Å²) in [5.41, 5.74) is 1.06. The molecular formula is C14H19NO3S. The van der Waals surface area contributed by atoms with Crippen molar-refractivity contribution in [1.82, 2.24) is 4.90 Å². The van der Waals surface area contributed by atoms with Gasteiger partial charge in [0.25, 0.3) is 0 Å². The summed E-state index contributed by atoms with van der Waals surface area (Å²) < 4.78 is 4.93. The Balaban J connectivity index is 2.45. The number of hydrogen-bond acceptors (Lipinski definition) is 4. The maximum absolute atomic E-state index is 11.8. The lowest BCUT2D eigenvalue weighted by molar-refractivity contribution is -0.130. The fourth-order valence-electron chi connectivity index (χ4n) is 1.57. The zero-order valence-corrected chi connectivity index (χ0v) is 12.1. The molecule has 1 aromatic heterocycles. The van der Waals surface area contributed by atoms with Gasteiger partial charge in [0.05, 0.1) is 4.88 Å². The molecule has 0 atom stereocenters. The van der Waals surface area contributed by atoms with Gasteiger partial charge in [-0.25, -0.2) is 0 Å². The molecule has 0 fully saturated rings. The van der Waals surface area contributed by atoms with Crippen molar-refractivity contribution in [3.63, 3.8) is 0 Å². The van der Waals surface area contributed by atoms with Gasteiger partial charge in [0.15, 0.2) is 0 Å². The van der Waals surface area contributed by atoms with Crippen LogP contribution in [0.2, 0.25) is 0 Å². The molecule has 5 heteroatoms. The molecule has 1 rings (SSSR count). The van der Waals surface area contributed by atoms with Crippen LogP contribution in [0.3, 0.4) is 0 Å². The van der Waals surface area contributed by atoms with Crippen LogP contribution in [0.4, 0.5) is 0 Å². The van der Waals surface area contributed by atoms with Crippen molar-refractivity contribution in [1.29, 1.82) is 0 Å². The quantitative estimate of drug-likeness (QED) is 0.634. The molecule has 0 unspecified atom stereocenters. The molecule has 1 amide bonds. The van der Waals surface area contributed by atoms with Crippen LogP contribution < -0.4 is 0 Å². The highest BCUT2D eigenvalue weighted by Crippen LogP contribution is 2.15. The Morgan fingerprint density at radius 1 is 1.58 bits per heavy atom. The second kappa shape index (κ2) is 8.70. The molecule has 19 heavy (non-hydrogen) atoms. The Morgan fingerprint density at radius 2 is 2.37 bits per heavy atom. The fourth-order valence-corrected chi connectivity index (χ4v) is 2.34. The van der Waals surface area contributed by atoms with Gasteiger partial charge in [-0.1, -0.05) is 11.8 Å². The standard InChI is InChI=1S/C14H19NO3S/c1-15(14(17)6-4-8-18-2)10-12-9-13(19-11-12)5-3-7-16/h9,11,16H,4,6-8,10H2,1-2H3. The molecule has 0 aliphatic rings. The van der Waals surface area contributed by atoms with E-state index >= 15 is 0 Å². The minimum Gasteiger partial charge on any atom is -0.385 e. The predicted molar refractivity (Wildman–Crippen MR) is 75.9 cm³/mol. The second-order valence-corrected chi connectivity index (χ2v) is 5.04. The molecule has 0 bridgehead atoms. The number of amides is 1. The van der Waals surface area contributed by atoms with Gasteiger partial charge in [0.2, 0.25) is 5.91 Å². The molecule has 1 heterocycles. The Labute approximate surface area is 118 Å². The lowest BCUT2D eigenvalue weighted by Gasteiger charge is -2.16. The van der Waals surface area contributed by atoms with Gasteiger partial charge in [-0.3, -0.25) is 4.79 Å². The van der Waals surface area contributed by atoms with Crippen LogP contribution in [0.15, 0.2) is 11.4 Å². The van der Waals surface area contributed by atoms with E-state index in [2.05, 4.69) is 11.8 Å². The average Bonchev–Trinajstić information content (AvgIpc) is 2.84. The maximum Gasteiger partial charge on any atom is 0.222 e. The molecular weight excluding hydrogens is 262 g/mol. The molecule has 0 aromatic carbocycles. The summed E-state index contributed by atoms with van der Waals surface area (Å²) in [4.78, 5) is 14.4. The Bertz CT molecular complexity index is 459. The zero-order chi connectivity index (χ0) is 14.1. The first-order chi connectivity index (χ1) is 9.17. The van der Waals surface area contributed by atoms with Gasteiger partial charge < -0.3 is 14.7 Å². The van der Waals surface area contributed by atoms with Crippen molar-refractivity contribution in [2.45, 2.75) is 19.4 Å². The van der Waals surface area contributed by atoms with Crippen molar-refractivity contribution < 1.29 is 14.6 Å². The highest BCUT2D eigenvalue weighted by Gasteiger charge is 2.09. The van der Waals surface area contributed by atoms with E-state index in [1.807, 2.05) is 11.4 Å². The van der Waals surface area contributed by atoms with Crippen LogP contribution in [0.25, 0.3) is 0 Å². The van der Waals surface area contributed by atoms with Gasteiger partial charge in [-0.05, 0) is 23.4 Å². The number of aliphatic hydroxyl groups is 1. The SMILES string of the molecule is COCCCC(=O)N(C)Cc1csc(C#CCO)c1. The molecule has 0 saturated carbocycles. The van der Waals surface area contributed by atoms with Gasteiger partial charge in [0.1, 0.15) is 6.61 Å². The van der Waals surface area contributed by atoms with E-state index in [9.17, 15) is 4.79 Å². The lowest BCUT2D eigenvalue weighted by Crippen LogP contribution is -2.25. The number of carbonyl (C=O) groups is 1. The molecule has 0 spiro atoms. The first-order valence-corrected chi connectivity index (χ1v) is 6.95. The minimum atomic E-state index is -0.134. The summed E-state index contributed by atoms with van der Waals surface area (Å²) in [6, 6.07) is 1.95. The number of carbonyl (C=O) groups excluding carboxylic acids is 1. The fraction of sp³-hybridized carbons (Fsp3) is 0.500. The first-order valence-electron chi connectivity index (χ1n) is 6.07. The van der Waals surface area contributed by atoms with E-state index in [1.54, 1.807) is 19.1 Å². The van der Waals surface area contributed by atoms with Gasteiger partial charge >= 0.3 is 0 Å². The minimum absolute atomic E-state index is 0.117. The smallest absolute Gasteiger partial charge is 0.222 e. The molecule has 1 aromatic rings. The van der Waals surface area contributed by atoms with Crippen LogP contribution in [-0.2, 0) is 16.1 Å². The number of thiophene rings is 1. The summed E-state index contributed by atoms with van der Waals surface area (Å²) in [6.07, 6.45) is 1.25. The first kappa shape index (κ1) is 15.7. The summed E-state index contributed by atoms with van der Waals surface area (Å²) in [5.74, 6) is 5.58. The Kier molecular flexibility index (Phi) is 7.19. The van der Waals surface area contributed by atoms with E-state index in [1.165, 1.54) is 11.3 Å². The summed E-state index contributed by atoms with van der Waals surface area (Å²) in [5, 5.41) is 10.6. The highest BCUT2D eigenvalue weighted by molar-refractivity contribution is 7.10. The zero-order valence-electron chi connectivity index (χ0n) is 11.3. The lowest BCUT2D eigenvalue weighted by atomic mass is 10.2. The van der Waals surface area contributed by atoms with Crippen molar-refractivity contribution in [3.05, 3.63) is 21.9 Å². The summed E-state index contributed by atoms with van der Waals surface area (Å²) in [6.45, 7) is 1.06. The molecule has 0 aliphatic heterocycles. The molecule has 1 N–H and O–H groups in total. The van der Waals surface area contributed by atoms with Gasteiger partial charge in [0, 0.05) is 33.7 Å². The monoisotopic (exact) mass is 281 g/mol. The van der Waals surface area contributed by atoms with Crippen LogP contribution in [0.1, 0.15) is 23.3 Å². The second-order valence-electron chi connectivity index (χ2n) is 4.13. The molecule has 104 valence electrons. The van der Waals surface area contributed by atoms with Crippen LogP contribution in [0.5, 0.6) is 0 Å². The third-order valence-corrected chi connectivity index (χ3v) is 3.42. The van der Waals surface area contributed by atoms with Crippen LogP contribution in [-0.4, -0.2) is 43.3 Å². The van der Waals surface area contributed by atoms with E-state index in [0.29, 0.717) is 19.6 Å². The highest BCUT2D eigenvalue weighted by atomic mass is 32.1. The van der Waals surface area contributed by atoms with E-state index in [0.717, 1.165) is 16.9 Å². The third-order valence-electron chi connectivity index (χ3n) is 2.53. The maximum atomic E-state index is 11.8. The van der Waals surface area contributed by atoms with Crippen molar-refractivity contribution in [2.24, 2.45) is 0 Å². The number of methoxy groups -OCH3 is 1. The van der Waals surface area contributed by atoms with Crippen molar-refractivity contribution in [2.75, 3.05) is 27.4 Å². The van der Waals surface area contributed by atoms with E-state index in [-0.39, 0.29) is 12.5 Å². The number of ether oxygens (including phenoxy) is 1. The predicted octanol–water partition coefficient (Wildman–Crippen LogP) is 1.48. The van der Waals surface area contributed by atoms with Crippen molar-refractivity contribution >= 4 is 17.2 Å². The molecule has 0 saturated heterocycles. The normalized spacial score (nSPS) is 9.84. The van der Waals surface area contributed by atoms with Crippen LogP contribution in [0, 0.1) is 11.8 Å². The van der Waals surface area contributed by atoms with E-state index < -0.39 is 0 Å². The number of nitrogens with zero attached hydrogens (tertiary/aromatic N) is 1. The number of rotatable bonds is 6.